The lowest BCUT2D eigenvalue weighted by atomic mass is 9.37. The van der Waals surface area contributed by atoms with Crippen molar-refractivity contribution in [2.75, 3.05) is 0 Å². The molecule has 2 saturated carbocycles. The molecule has 6 nitrogen and oxygen atoms in total. The lowest BCUT2D eigenvalue weighted by Gasteiger charge is -2.61. The first-order valence-electron chi connectivity index (χ1n) is 18.1. The molecular weight excluding hydrogens is 636 g/mol. The van der Waals surface area contributed by atoms with E-state index in [2.05, 4.69) is 19.1 Å². The largest absolute Gasteiger partial charge is 0.506 e. The van der Waals surface area contributed by atoms with E-state index in [1.165, 1.54) is 18.2 Å². The van der Waals surface area contributed by atoms with Crippen LogP contribution in [0, 0.1) is 22.2 Å². The van der Waals surface area contributed by atoms with E-state index in [1.54, 1.807) is 0 Å². The average Bonchev–Trinajstić information content (AvgIpc) is 3.06. The molecule has 2 aromatic carbocycles. The zero-order chi connectivity index (χ0) is 37.7. The molecule has 4 atom stereocenters. The van der Waals surface area contributed by atoms with Gasteiger partial charge in [0, 0.05) is 5.56 Å². The molecule has 0 heterocycles. The van der Waals surface area contributed by atoms with Gasteiger partial charge in [-0.15, -0.1) is 0 Å². The number of carbonyl (C=O) groups excluding carboxylic acids is 3. The lowest BCUT2D eigenvalue weighted by Crippen LogP contribution is -2.70. The van der Waals surface area contributed by atoms with Crippen LogP contribution in [0.5, 0.6) is 11.5 Å². The number of aromatic hydroxyl groups is 1. The molecule has 4 rings (SSSR count). The SMILES string of the molecule is CC(C)=CCC[C@]1(C)[C@@H](CC=C(C)C)C[C@@]2(CC=C(C)C)C(=O)/C(=C(\O)c3ccc(OCc4ccccc4)c(O)c3)C(=O)[C@]1(CC=C(C)C)C2=O. The zero-order valence-corrected chi connectivity index (χ0v) is 32.0. The highest BCUT2D eigenvalue weighted by Crippen LogP contribution is 2.67. The third kappa shape index (κ3) is 7.75. The quantitative estimate of drug-likeness (QED) is 0.0712. The summed E-state index contributed by atoms with van der Waals surface area (Å²) < 4.78 is 5.85. The van der Waals surface area contributed by atoms with E-state index in [4.69, 9.17) is 4.74 Å². The number of Topliss-reactive ketones (excluding diaryl/α,β-unsaturated/α-hetero) is 3. The second kappa shape index (κ2) is 15.8. The van der Waals surface area contributed by atoms with E-state index in [0.29, 0.717) is 19.3 Å². The Kier molecular flexibility index (Phi) is 12.2. The molecule has 0 amide bonds. The van der Waals surface area contributed by atoms with Gasteiger partial charge in [0.1, 0.15) is 23.4 Å². The zero-order valence-electron chi connectivity index (χ0n) is 32.0. The predicted molar refractivity (Wildman–Crippen MR) is 205 cm³/mol. The van der Waals surface area contributed by atoms with Crippen molar-refractivity contribution in [3.05, 3.63) is 112 Å². The molecule has 0 radical (unpaired) electrons. The molecule has 0 aliphatic heterocycles. The van der Waals surface area contributed by atoms with Crippen LogP contribution in [0.4, 0.5) is 0 Å². The Morgan fingerprint density at radius 3 is 2.00 bits per heavy atom. The highest BCUT2D eigenvalue weighted by atomic mass is 16.5. The predicted octanol–water partition coefficient (Wildman–Crippen LogP) is 10.8. The van der Waals surface area contributed by atoms with Crippen molar-refractivity contribution in [3.63, 3.8) is 0 Å². The van der Waals surface area contributed by atoms with Crippen LogP contribution >= 0.6 is 0 Å². The van der Waals surface area contributed by atoms with Crippen LogP contribution in [0.1, 0.15) is 112 Å². The third-order valence-electron chi connectivity index (χ3n) is 11.0. The number of hydrogen-bond acceptors (Lipinski definition) is 6. The summed E-state index contributed by atoms with van der Waals surface area (Å²) in [6.07, 6.45) is 10.5. The maximum atomic E-state index is 15.4. The summed E-state index contributed by atoms with van der Waals surface area (Å²) in [5, 5.41) is 23.0. The Bertz CT molecular complexity index is 1810. The summed E-state index contributed by atoms with van der Waals surface area (Å²) in [7, 11) is 0. The van der Waals surface area contributed by atoms with Crippen molar-refractivity contribution in [2.24, 2.45) is 22.2 Å². The molecule has 2 aliphatic rings. The number of hydrogen-bond donors (Lipinski definition) is 2. The molecule has 272 valence electrons. The van der Waals surface area contributed by atoms with Gasteiger partial charge in [-0.1, -0.05) is 83.9 Å². The minimum atomic E-state index is -1.61. The monoisotopic (exact) mass is 692 g/mol. The number of phenolic OH excluding ortho intramolecular Hbond substituents is 1. The van der Waals surface area contributed by atoms with Gasteiger partial charge in [-0.2, -0.15) is 0 Å². The van der Waals surface area contributed by atoms with Crippen LogP contribution in [0.3, 0.4) is 0 Å². The third-order valence-corrected chi connectivity index (χ3v) is 11.0. The Morgan fingerprint density at radius 2 is 1.41 bits per heavy atom. The molecule has 0 spiro atoms. The number of ether oxygens (including phenoxy) is 1. The molecule has 0 saturated heterocycles. The standard InChI is InChI=1S/C45H56O6/c1-29(2)14-13-23-43(9)35(19-17-30(3)4)27-44(24-21-31(5)6)40(48)38(41(49)45(43,42(44)50)25-22-32(7)8)39(47)34-18-20-37(36(46)26-34)51-28-33-15-11-10-12-16-33/h10-12,14-18,20-22,26,35,46-47H,13,19,23-25,27-28H2,1-9H3/b39-38+/t35-,43+,44-,45+/m0/s1. The maximum Gasteiger partial charge on any atom is 0.184 e. The maximum absolute atomic E-state index is 15.4. The normalized spacial score (nSPS) is 25.1. The lowest BCUT2D eigenvalue weighted by molar-refractivity contribution is -0.178. The molecule has 2 aromatic rings. The smallest absolute Gasteiger partial charge is 0.184 e. The summed E-state index contributed by atoms with van der Waals surface area (Å²) in [4.78, 5) is 45.7. The molecule has 6 heteroatoms. The van der Waals surface area contributed by atoms with Gasteiger partial charge in [0.05, 0.1) is 5.41 Å². The van der Waals surface area contributed by atoms with Crippen molar-refractivity contribution in [1.82, 2.24) is 0 Å². The Hall–Kier alpha value is -4.45. The van der Waals surface area contributed by atoms with Crippen LogP contribution < -0.4 is 4.74 Å². The number of fused-ring (bicyclic) bond motifs is 2. The number of allylic oxidation sites excluding steroid dienone is 9. The molecule has 2 N–H and O–H groups in total. The minimum Gasteiger partial charge on any atom is -0.506 e. The number of rotatable bonds is 13. The van der Waals surface area contributed by atoms with E-state index in [9.17, 15) is 15.0 Å². The van der Waals surface area contributed by atoms with Crippen LogP contribution in [0.15, 0.2) is 101 Å². The average molecular weight is 693 g/mol. The summed E-state index contributed by atoms with van der Waals surface area (Å²) in [6, 6.07) is 13.9. The number of carbonyl (C=O) groups is 3. The Labute approximate surface area is 304 Å². The fraction of sp³-hybridized carbons (Fsp3) is 0.444. The molecule has 0 aromatic heterocycles. The van der Waals surface area contributed by atoms with Crippen molar-refractivity contribution in [1.29, 1.82) is 0 Å². The van der Waals surface area contributed by atoms with Gasteiger partial charge >= 0.3 is 0 Å². The summed E-state index contributed by atoms with van der Waals surface area (Å²) >= 11 is 0. The Morgan fingerprint density at radius 1 is 0.804 bits per heavy atom. The van der Waals surface area contributed by atoms with E-state index < -0.39 is 33.6 Å². The fourth-order valence-corrected chi connectivity index (χ4v) is 7.97. The van der Waals surface area contributed by atoms with E-state index >= 15 is 9.59 Å². The fourth-order valence-electron chi connectivity index (χ4n) is 7.97. The highest BCUT2D eigenvalue weighted by Gasteiger charge is 2.74. The summed E-state index contributed by atoms with van der Waals surface area (Å²) in [6.45, 7) is 18.2. The number of ketones is 3. The van der Waals surface area contributed by atoms with E-state index in [-0.39, 0.29) is 60.2 Å². The van der Waals surface area contributed by atoms with Crippen molar-refractivity contribution < 1.29 is 29.3 Å². The minimum absolute atomic E-state index is 0.103. The summed E-state index contributed by atoms with van der Waals surface area (Å²) in [5.41, 5.74) is 0.871. The van der Waals surface area contributed by atoms with Crippen molar-refractivity contribution >= 4 is 23.1 Å². The van der Waals surface area contributed by atoms with Gasteiger partial charge in [0.25, 0.3) is 0 Å². The number of benzene rings is 2. The number of aliphatic hydroxyl groups is 1. The highest BCUT2D eigenvalue weighted by molar-refractivity contribution is 6.41. The molecule has 2 aliphatic carbocycles. The van der Waals surface area contributed by atoms with Crippen molar-refractivity contribution in [2.45, 2.75) is 107 Å². The second-order valence-corrected chi connectivity index (χ2v) is 15.8. The van der Waals surface area contributed by atoms with Gasteiger partial charge in [-0.05, 0) is 129 Å². The van der Waals surface area contributed by atoms with Gasteiger partial charge in [0.2, 0.25) is 0 Å². The number of aliphatic hydroxyl groups excluding tert-OH is 1. The Balaban J connectivity index is 1.99. The van der Waals surface area contributed by atoms with Gasteiger partial charge in [-0.25, -0.2) is 0 Å². The second-order valence-electron chi connectivity index (χ2n) is 15.8. The number of phenols is 1. The van der Waals surface area contributed by atoms with Crippen LogP contribution in [-0.4, -0.2) is 27.6 Å². The van der Waals surface area contributed by atoms with Gasteiger partial charge < -0.3 is 14.9 Å². The molecule has 2 fully saturated rings. The van der Waals surface area contributed by atoms with Crippen molar-refractivity contribution in [3.8, 4) is 11.5 Å². The molecule has 2 bridgehead atoms. The van der Waals surface area contributed by atoms with Gasteiger partial charge in [-0.3, -0.25) is 14.4 Å². The first kappa shape index (κ1) is 39.3. The van der Waals surface area contributed by atoms with Gasteiger partial charge in [0.15, 0.2) is 28.8 Å². The van der Waals surface area contributed by atoms with Crippen LogP contribution in [-0.2, 0) is 21.0 Å². The van der Waals surface area contributed by atoms with E-state index in [1.807, 2.05) is 97.9 Å². The first-order valence-corrected chi connectivity index (χ1v) is 18.1. The van der Waals surface area contributed by atoms with Crippen LogP contribution in [0.2, 0.25) is 0 Å². The molecular formula is C45H56O6. The first-order chi connectivity index (χ1) is 24.0. The molecule has 51 heavy (non-hydrogen) atoms. The van der Waals surface area contributed by atoms with E-state index in [0.717, 1.165) is 27.9 Å². The molecule has 0 unspecified atom stereocenters. The van der Waals surface area contributed by atoms with Crippen LogP contribution in [0.25, 0.3) is 5.76 Å². The summed E-state index contributed by atoms with van der Waals surface area (Å²) in [5.74, 6) is -2.34. The topological polar surface area (TPSA) is 101 Å².